The molecule has 1 aromatic carbocycles. The van der Waals surface area contributed by atoms with Crippen LogP contribution in [0.15, 0.2) is 30.3 Å². The maximum atomic E-state index is 9.33. The number of nitrogens with zero attached hydrogens (tertiary/aromatic N) is 1. The fourth-order valence-corrected chi connectivity index (χ4v) is 2.69. The summed E-state index contributed by atoms with van der Waals surface area (Å²) in [4.78, 5) is 0. The van der Waals surface area contributed by atoms with E-state index in [9.17, 15) is 5.26 Å². The minimum absolute atomic E-state index is 0.166. The van der Waals surface area contributed by atoms with Gasteiger partial charge in [-0.15, -0.1) is 0 Å². The van der Waals surface area contributed by atoms with Crippen molar-refractivity contribution in [2.75, 3.05) is 0 Å². The fourth-order valence-electron chi connectivity index (χ4n) is 2.69. The monoisotopic (exact) mass is 199 g/mol. The highest BCUT2D eigenvalue weighted by molar-refractivity contribution is 5.35. The van der Waals surface area contributed by atoms with Gasteiger partial charge < -0.3 is 0 Å². The molecule has 1 aliphatic carbocycles. The molecular weight excluding hydrogens is 182 g/mol. The smallest absolute Gasteiger partial charge is 0.0827 e. The predicted octanol–water partition coefficient (Wildman–Crippen LogP) is 3.66. The third-order valence-corrected chi connectivity index (χ3v) is 3.51. The van der Waals surface area contributed by atoms with Crippen molar-refractivity contribution in [2.45, 2.75) is 38.0 Å². The topological polar surface area (TPSA) is 23.8 Å². The van der Waals surface area contributed by atoms with Gasteiger partial charge in [-0.2, -0.15) is 5.26 Å². The van der Waals surface area contributed by atoms with Crippen LogP contribution in [0.3, 0.4) is 0 Å². The first-order valence-corrected chi connectivity index (χ1v) is 5.77. The van der Waals surface area contributed by atoms with E-state index in [0.29, 0.717) is 0 Å². The molecule has 0 radical (unpaired) electrons. The van der Waals surface area contributed by atoms with Crippen LogP contribution < -0.4 is 0 Å². The van der Waals surface area contributed by atoms with Gasteiger partial charge >= 0.3 is 0 Å². The summed E-state index contributed by atoms with van der Waals surface area (Å²) in [5.74, 6) is 0.773. The molecule has 1 fully saturated rings. The molecule has 15 heavy (non-hydrogen) atoms. The molecule has 0 spiro atoms. The van der Waals surface area contributed by atoms with Crippen molar-refractivity contribution >= 4 is 0 Å². The number of benzene rings is 1. The molecule has 1 saturated carbocycles. The zero-order valence-electron chi connectivity index (χ0n) is 9.24. The number of nitriles is 1. The van der Waals surface area contributed by atoms with Crippen LogP contribution in [0.1, 0.15) is 38.2 Å². The van der Waals surface area contributed by atoms with Crippen molar-refractivity contribution in [2.24, 2.45) is 5.92 Å². The molecule has 2 rings (SSSR count). The van der Waals surface area contributed by atoms with Crippen LogP contribution in [0.4, 0.5) is 0 Å². The van der Waals surface area contributed by atoms with Gasteiger partial charge in [0.2, 0.25) is 0 Å². The van der Waals surface area contributed by atoms with E-state index < -0.39 is 0 Å². The van der Waals surface area contributed by atoms with Crippen molar-refractivity contribution in [3.63, 3.8) is 0 Å². The zero-order valence-corrected chi connectivity index (χ0v) is 9.24. The van der Waals surface area contributed by atoms with Gasteiger partial charge in [0.05, 0.1) is 11.5 Å². The van der Waals surface area contributed by atoms with Crippen molar-refractivity contribution in [1.29, 1.82) is 5.26 Å². The third kappa shape index (κ3) is 1.77. The summed E-state index contributed by atoms with van der Waals surface area (Å²) in [5, 5.41) is 9.33. The lowest BCUT2D eigenvalue weighted by Gasteiger charge is -2.43. The van der Waals surface area contributed by atoms with Gasteiger partial charge in [-0.05, 0) is 24.3 Å². The van der Waals surface area contributed by atoms with E-state index in [1.54, 1.807) is 0 Å². The Balaban J connectivity index is 2.12. The van der Waals surface area contributed by atoms with Gasteiger partial charge in [0.25, 0.3) is 0 Å². The Hall–Kier alpha value is -1.29. The minimum Gasteiger partial charge on any atom is -0.197 e. The highest BCUT2D eigenvalue weighted by Crippen LogP contribution is 2.48. The van der Waals surface area contributed by atoms with Gasteiger partial charge in [-0.25, -0.2) is 0 Å². The molecule has 1 aromatic rings. The van der Waals surface area contributed by atoms with E-state index in [1.807, 2.05) is 18.2 Å². The molecule has 0 unspecified atom stereocenters. The standard InChI is InChI=1S/C14H17N/c1-2-6-12-9-14(10-12,11-15)13-7-4-3-5-8-13/h3-5,7-8,12H,2,6,9-10H2,1H3. The average Bonchev–Trinajstić information content (AvgIpc) is 2.24. The van der Waals surface area contributed by atoms with Crippen LogP contribution in [-0.2, 0) is 5.41 Å². The molecule has 0 heterocycles. The van der Waals surface area contributed by atoms with Gasteiger partial charge in [-0.1, -0.05) is 50.1 Å². The van der Waals surface area contributed by atoms with Gasteiger partial charge in [0.1, 0.15) is 0 Å². The molecule has 1 nitrogen and oxygen atoms in total. The second-order valence-corrected chi connectivity index (χ2v) is 4.62. The minimum atomic E-state index is -0.166. The van der Waals surface area contributed by atoms with Crippen molar-refractivity contribution in [3.05, 3.63) is 35.9 Å². The fraction of sp³-hybridized carbons (Fsp3) is 0.500. The van der Waals surface area contributed by atoms with Crippen LogP contribution in [0.2, 0.25) is 0 Å². The lowest BCUT2D eigenvalue weighted by atomic mass is 9.58. The predicted molar refractivity (Wildman–Crippen MR) is 61.4 cm³/mol. The Morgan fingerprint density at radius 2 is 2.00 bits per heavy atom. The van der Waals surface area contributed by atoms with Crippen LogP contribution in [0.5, 0.6) is 0 Å². The molecule has 0 saturated heterocycles. The molecule has 0 N–H and O–H groups in total. The Labute approximate surface area is 91.7 Å². The molecule has 0 aromatic heterocycles. The van der Waals surface area contributed by atoms with E-state index in [2.05, 4.69) is 25.1 Å². The van der Waals surface area contributed by atoms with E-state index >= 15 is 0 Å². The van der Waals surface area contributed by atoms with Crippen molar-refractivity contribution in [1.82, 2.24) is 0 Å². The summed E-state index contributed by atoms with van der Waals surface area (Å²) in [7, 11) is 0. The normalized spacial score (nSPS) is 29.2. The van der Waals surface area contributed by atoms with Crippen LogP contribution in [0.25, 0.3) is 0 Å². The van der Waals surface area contributed by atoms with Crippen LogP contribution in [0, 0.1) is 17.2 Å². The summed E-state index contributed by atoms with van der Waals surface area (Å²) in [5.41, 5.74) is 1.04. The van der Waals surface area contributed by atoms with Gasteiger partial charge in [-0.3, -0.25) is 0 Å². The Kier molecular flexibility index (Phi) is 2.77. The van der Waals surface area contributed by atoms with Crippen LogP contribution in [-0.4, -0.2) is 0 Å². The molecule has 1 aliphatic rings. The van der Waals surface area contributed by atoms with E-state index in [0.717, 1.165) is 18.8 Å². The molecule has 0 atom stereocenters. The van der Waals surface area contributed by atoms with Crippen LogP contribution >= 0.6 is 0 Å². The lowest BCUT2D eigenvalue weighted by molar-refractivity contribution is 0.184. The zero-order chi connectivity index (χ0) is 10.7. The highest BCUT2D eigenvalue weighted by Gasteiger charge is 2.45. The van der Waals surface area contributed by atoms with E-state index in [1.165, 1.54) is 18.4 Å². The second kappa shape index (κ2) is 4.06. The second-order valence-electron chi connectivity index (χ2n) is 4.62. The first-order valence-electron chi connectivity index (χ1n) is 5.77. The average molecular weight is 199 g/mol. The first kappa shape index (κ1) is 10.2. The Morgan fingerprint density at radius 1 is 1.33 bits per heavy atom. The summed E-state index contributed by atoms with van der Waals surface area (Å²) in [6.45, 7) is 2.22. The maximum Gasteiger partial charge on any atom is 0.0827 e. The number of hydrogen-bond donors (Lipinski definition) is 0. The highest BCUT2D eigenvalue weighted by atomic mass is 14.5. The lowest BCUT2D eigenvalue weighted by Crippen LogP contribution is -2.39. The van der Waals surface area contributed by atoms with Gasteiger partial charge in [0.15, 0.2) is 0 Å². The Morgan fingerprint density at radius 3 is 2.53 bits per heavy atom. The summed E-state index contributed by atoms with van der Waals surface area (Å²) in [6, 6.07) is 12.8. The van der Waals surface area contributed by atoms with E-state index in [-0.39, 0.29) is 5.41 Å². The van der Waals surface area contributed by atoms with Crippen molar-refractivity contribution in [3.8, 4) is 6.07 Å². The summed E-state index contributed by atoms with van der Waals surface area (Å²) < 4.78 is 0. The third-order valence-electron chi connectivity index (χ3n) is 3.51. The van der Waals surface area contributed by atoms with Crippen molar-refractivity contribution < 1.29 is 0 Å². The maximum absolute atomic E-state index is 9.33. The number of rotatable bonds is 3. The molecular formula is C14H17N. The Bertz CT molecular complexity index is 355. The largest absolute Gasteiger partial charge is 0.197 e. The SMILES string of the molecule is CCCC1CC(C#N)(c2ccccc2)C1. The van der Waals surface area contributed by atoms with Gasteiger partial charge in [0, 0.05) is 0 Å². The quantitative estimate of drug-likeness (QED) is 0.728. The van der Waals surface area contributed by atoms with E-state index in [4.69, 9.17) is 0 Å². The molecule has 0 aliphatic heterocycles. The first-order chi connectivity index (χ1) is 7.30. The molecule has 78 valence electrons. The summed E-state index contributed by atoms with van der Waals surface area (Å²) >= 11 is 0. The molecule has 1 heteroatoms. The molecule has 0 amide bonds. The molecule has 0 bridgehead atoms. The summed E-state index contributed by atoms with van der Waals surface area (Å²) in [6.07, 6.45) is 4.62. The number of hydrogen-bond acceptors (Lipinski definition) is 1.